The Hall–Kier alpha value is -5.17. The first-order valence-electron chi connectivity index (χ1n) is 19.2. The quantitative estimate of drug-likeness (QED) is 0.198. The van der Waals surface area contributed by atoms with Crippen molar-refractivity contribution in [3.05, 3.63) is 66.5 Å². The van der Waals surface area contributed by atoms with E-state index >= 15 is 0 Å². The van der Waals surface area contributed by atoms with Crippen molar-refractivity contribution >= 4 is 17.9 Å². The zero-order valence-electron chi connectivity index (χ0n) is 31.6. The zero-order chi connectivity index (χ0) is 37.8. The average Bonchev–Trinajstić information content (AvgIpc) is 4.02. The molecule has 0 aliphatic carbocycles. The molecule has 13 nitrogen and oxygen atoms in total. The summed E-state index contributed by atoms with van der Waals surface area (Å²) in [4.78, 5) is 59.2. The minimum absolute atomic E-state index is 0.0223. The lowest BCUT2D eigenvalue weighted by Gasteiger charge is -2.28. The molecule has 2 bridgehead atoms. The zero-order valence-corrected chi connectivity index (χ0v) is 31.6. The van der Waals surface area contributed by atoms with Gasteiger partial charge in [-0.25, -0.2) is 14.8 Å². The van der Waals surface area contributed by atoms with Crippen molar-refractivity contribution in [1.29, 1.82) is 0 Å². The number of amides is 3. The molecule has 3 aliphatic heterocycles. The van der Waals surface area contributed by atoms with E-state index in [1.54, 1.807) is 11.1 Å². The van der Waals surface area contributed by atoms with E-state index in [-0.39, 0.29) is 36.4 Å². The highest BCUT2D eigenvalue weighted by molar-refractivity contribution is 5.86. The second kappa shape index (κ2) is 16.5. The molecule has 0 spiro atoms. The van der Waals surface area contributed by atoms with Gasteiger partial charge in [0, 0.05) is 31.2 Å². The number of aromatic amines is 2. The fourth-order valence-electron chi connectivity index (χ4n) is 7.62. The molecule has 54 heavy (non-hydrogen) atoms. The molecule has 13 heteroatoms. The summed E-state index contributed by atoms with van der Waals surface area (Å²) in [5.74, 6) is 2.52. The van der Waals surface area contributed by atoms with Crippen molar-refractivity contribution in [2.24, 2.45) is 11.8 Å². The van der Waals surface area contributed by atoms with Gasteiger partial charge in [0.25, 0.3) is 0 Å². The van der Waals surface area contributed by atoms with Crippen LogP contribution < -0.4 is 10.1 Å². The van der Waals surface area contributed by atoms with Gasteiger partial charge in [-0.2, -0.15) is 0 Å². The van der Waals surface area contributed by atoms with Crippen LogP contribution in [0.15, 0.2) is 54.9 Å². The van der Waals surface area contributed by atoms with Crippen molar-refractivity contribution < 1.29 is 28.6 Å². The van der Waals surface area contributed by atoms with Gasteiger partial charge < -0.3 is 39.3 Å². The van der Waals surface area contributed by atoms with Crippen LogP contribution in [0.2, 0.25) is 0 Å². The molecular formula is C41H51N7O6. The van der Waals surface area contributed by atoms with Crippen LogP contribution in [0.5, 0.6) is 5.75 Å². The normalized spacial score (nSPS) is 21.4. The average molecular weight is 738 g/mol. The lowest BCUT2D eigenvalue weighted by molar-refractivity contribution is -0.137. The van der Waals surface area contributed by atoms with Crippen molar-refractivity contribution in [3.8, 4) is 39.4 Å². The van der Waals surface area contributed by atoms with Gasteiger partial charge >= 0.3 is 6.09 Å². The molecule has 0 saturated carbocycles. The van der Waals surface area contributed by atoms with Crippen LogP contribution in [-0.4, -0.2) is 93.7 Å². The summed E-state index contributed by atoms with van der Waals surface area (Å²) < 4.78 is 17.1. The first-order chi connectivity index (χ1) is 26.2. The third-order valence-corrected chi connectivity index (χ3v) is 11.1. The number of nitrogens with one attached hydrogen (secondary N) is 3. The summed E-state index contributed by atoms with van der Waals surface area (Å²) >= 11 is 0. The van der Waals surface area contributed by atoms with Crippen molar-refractivity contribution in [2.75, 3.05) is 40.0 Å². The number of carbonyl (C=O) groups excluding carboxylic acids is 3. The molecule has 0 radical (unpaired) electrons. The molecule has 3 N–H and O–H groups in total. The molecule has 3 amide bonds. The van der Waals surface area contributed by atoms with Crippen LogP contribution in [0.1, 0.15) is 83.0 Å². The highest BCUT2D eigenvalue weighted by atomic mass is 16.5. The minimum atomic E-state index is -0.861. The minimum Gasteiger partial charge on any atom is -0.493 e. The van der Waals surface area contributed by atoms with Crippen molar-refractivity contribution in [1.82, 2.24) is 35.1 Å². The first-order valence-corrected chi connectivity index (χ1v) is 19.2. The second-order valence-corrected chi connectivity index (χ2v) is 14.9. The number of hydrogen-bond acceptors (Lipinski definition) is 8. The highest BCUT2D eigenvalue weighted by Crippen LogP contribution is 2.38. The number of alkyl carbamates (subject to hydrolysis) is 1. The number of methoxy groups -OCH3 is 1. The van der Waals surface area contributed by atoms with Gasteiger partial charge in [0.1, 0.15) is 23.4 Å². The Morgan fingerprint density at radius 2 is 1.52 bits per heavy atom. The SMILES string of the molecule is COC(=O)N[C@H]1COCCCCOc2cc(-c3ccc(-c4cnc([C@@H]5CCCN5C(=O)[C@@H](C)C(C)C)[nH]4)cc3)ccc2-c2cnc([nH]2)[C@@H]2CCCN2C1=O. The maximum atomic E-state index is 13.7. The summed E-state index contributed by atoms with van der Waals surface area (Å²) in [7, 11) is 1.28. The van der Waals surface area contributed by atoms with Gasteiger partial charge in [0.2, 0.25) is 11.8 Å². The number of carbonyl (C=O) groups is 3. The lowest BCUT2D eigenvalue weighted by Crippen LogP contribution is -2.50. The summed E-state index contributed by atoms with van der Waals surface area (Å²) in [5, 5.41) is 2.65. The molecule has 4 atom stereocenters. The Morgan fingerprint density at radius 1 is 0.852 bits per heavy atom. The standard InChI is InChI=1S/C41H51N7O6/c1-25(2)26(3)39(49)47-17-7-9-34(47)37-42-22-31(44-37)28-13-11-27(12-14-28)29-15-16-30-32-23-43-38(45-32)35-10-8-18-48(35)40(50)33(46-41(51)52-4)24-53-19-5-6-20-54-36(30)21-29/h11-16,21-23,25-26,33-35H,5-10,17-20,24H2,1-4H3,(H,42,44)(H,43,45)(H,46,51)/t26-,33-,34-,35-/m0/s1. The van der Waals surface area contributed by atoms with Gasteiger partial charge in [-0.1, -0.05) is 51.1 Å². The third kappa shape index (κ3) is 7.87. The number of ether oxygens (including phenoxy) is 3. The van der Waals surface area contributed by atoms with Gasteiger partial charge in [0.15, 0.2) is 0 Å². The van der Waals surface area contributed by atoms with E-state index in [4.69, 9.17) is 24.2 Å². The van der Waals surface area contributed by atoms with Crippen LogP contribution >= 0.6 is 0 Å². The molecule has 5 heterocycles. The van der Waals surface area contributed by atoms with Crippen LogP contribution in [0.4, 0.5) is 4.79 Å². The molecule has 2 fully saturated rings. The summed E-state index contributed by atoms with van der Waals surface area (Å²) in [6.07, 6.45) is 7.89. The van der Waals surface area contributed by atoms with E-state index in [0.717, 1.165) is 90.3 Å². The molecule has 2 aromatic heterocycles. The fraction of sp³-hybridized carbons (Fsp3) is 0.488. The number of hydrogen-bond donors (Lipinski definition) is 3. The number of rotatable bonds is 6. The van der Waals surface area contributed by atoms with E-state index in [0.29, 0.717) is 31.5 Å². The Morgan fingerprint density at radius 3 is 2.30 bits per heavy atom. The van der Waals surface area contributed by atoms with Crippen LogP contribution in [0.3, 0.4) is 0 Å². The molecular weight excluding hydrogens is 686 g/mol. The van der Waals surface area contributed by atoms with E-state index in [1.807, 2.05) is 24.1 Å². The van der Waals surface area contributed by atoms with Crippen molar-refractivity contribution in [3.63, 3.8) is 0 Å². The number of H-pyrrole nitrogens is 2. The Kier molecular flexibility index (Phi) is 11.3. The highest BCUT2D eigenvalue weighted by Gasteiger charge is 2.37. The van der Waals surface area contributed by atoms with Gasteiger partial charge in [-0.15, -0.1) is 0 Å². The number of fused-ring (bicyclic) bond motifs is 6. The topological polar surface area (TPSA) is 155 Å². The number of aromatic nitrogens is 4. The molecule has 4 aromatic rings. The molecule has 286 valence electrons. The van der Waals surface area contributed by atoms with E-state index in [2.05, 4.69) is 65.5 Å². The number of imidazole rings is 2. The largest absolute Gasteiger partial charge is 0.493 e. The molecule has 2 aromatic carbocycles. The van der Waals surface area contributed by atoms with Crippen LogP contribution in [0, 0.1) is 11.8 Å². The summed E-state index contributed by atoms with van der Waals surface area (Å²) in [6, 6.07) is 13.4. The third-order valence-electron chi connectivity index (χ3n) is 11.1. The Labute approximate surface area is 316 Å². The fourth-order valence-corrected chi connectivity index (χ4v) is 7.62. The number of benzene rings is 2. The van der Waals surface area contributed by atoms with Gasteiger partial charge in [-0.3, -0.25) is 9.59 Å². The number of likely N-dealkylation sites (tertiary alicyclic amines) is 1. The predicted octanol–water partition coefficient (Wildman–Crippen LogP) is 6.67. The van der Waals surface area contributed by atoms with E-state index in [9.17, 15) is 14.4 Å². The first kappa shape index (κ1) is 37.2. The van der Waals surface area contributed by atoms with Crippen LogP contribution in [-0.2, 0) is 19.1 Å². The van der Waals surface area contributed by atoms with Gasteiger partial charge in [-0.05, 0) is 73.3 Å². The molecule has 3 aliphatic rings. The molecule has 7 rings (SSSR count). The van der Waals surface area contributed by atoms with E-state index < -0.39 is 12.1 Å². The van der Waals surface area contributed by atoms with Gasteiger partial charge in [0.05, 0.1) is 56.2 Å². The summed E-state index contributed by atoms with van der Waals surface area (Å²) in [6.45, 7) is 8.47. The van der Waals surface area contributed by atoms with Crippen molar-refractivity contribution in [2.45, 2.75) is 77.4 Å². The predicted molar refractivity (Wildman–Crippen MR) is 203 cm³/mol. The molecule has 2 saturated heterocycles. The monoisotopic (exact) mass is 737 g/mol. The van der Waals surface area contributed by atoms with E-state index in [1.165, 1.54) is 7.11 Å². The smallest absolute Gasteiger partial charge is 0.407 e. The number of nitrogens with zero attached hydrogens (tertiary/aromatic N) is 4. The summed E-state index contributed by atoms with van der Waals surface area (Å²) in [5.41, 5.74) is 5.68. The molecule has 0 unspecified atom stereocenters. The second-order valence-electron chi connectivity index (χ2n) is 14.9. The lowest BCUT2D eigenvalue weighted by atomic mass is 9.96. The maximum absolute atomic E-state index is 13.7. The van der Waals surface area contributed by atoms with Crippen LogP contribution in [0.25, 0.3) is 33.6 Å². The Bertz CT molecular complexity index is 1940. The Balaban J connectivity index is 1.10. The maximum Gasteiger partial charge on any atom is 0.407 e.